The molecule has 6 fully saturated rings. The third-order valence-corrected chi connectivity index (χ3v) is 31.6. The van der Waals surface area contributed by atoms with Crippen molar-refractivity contribution in [3.63, 3.8) is 0 Å². The highest BCUT2D eigenvalue weighted by Gasteiger charge is 2.30. The number of benzene rings is 8. The molecule has 18 rings (SSSR count). The van der Waals surface area contributed by atoms with Crippen LogP contribution >= 0.6 is 0 Å². The maximum atomic E-state index is 13.4. The first kappa shape index (κ1) is 106. The smallest absolute Gasteiger partial charge is 0.253 e. The van der Waals surface area contributed by atoms with Gasteiger partial charge in [-0.2, -0.15) is 0 Å². The highest BCUT2D eigenvalue weighted by atomic mass is 19.1. The number of likely N-dealkylation sites (N-methyl/N-ethyl adjacent to an activating group) is 2. The quantitative estimate of drug-likeness (QED) is 0.0417. The summed E-state index contributed by atoms with van der Waals surface area (Å²) in [5.41, 5.74) is 24.5. The Kier molecular flexibility index (Phi) is 37.9. The standard InChI is InChI=1S/C31H42FN5O.C31H45N5.C28H37FN4O.C28H38N4O2/c1-24-25(2)37(13-4-12-34-17-15-33(3)16-18-34)30-10-7-27(23-29(24)30)31(38)36-21-19-35(20-22-36)14-11-26-5-8-28(32)9-6-26;1-26-27(2)36(14-7-13-33-18-16-32(3)17-19-33)31-11-10-29(24-30(26)31)25-35-22-20-34(21-23-35)15-12-28-8-5-4-6-9-28;1-21-22(2)33(14-5-13-30(3)4)27-11-8-24(20-26(21)27)28(34)32-18-16-31(17-19-32)15-12-23-6-9-25(29)10-7-23;1-21-22(2)32(14-5-13-29(3)4)27-11-8-24(20-26(21)27)28(34)31-18-16-30(17-19-31)15-12-23-6-9-25(33)10-7-23/h5-10,23H,4,11-22H2,1-3H3;4-6,8-11,24H,7,12-23,25H2,1-3H3;6-11,20H,5,12-19H2,1-4H3;6-11,20,33H,5,12-19H2,1-4H3. The largest absolute Gasteiger partial charge is 0.508 e. The second-order valence-corrected chi connectivity index (χ2v) is 41.7. The van der Waals surface area contributed by atoms with Crippen molar-refractivity contribution in [2.45, 2.75) is 139 Å². The van der Waals surface area contributed by atoms with E-state index >= 15 is 0 Å². The zero-order chi connectivity index (χ0) is 100. The molecule has 24 heteroatoms. The van der Waals surface area contributed by atoms with E-state index in [-0.39, 0.29) is 29.4 Å². The normalized spacial score (nSPS) is 16.7. The van der Waals surface area contributed by atoms with E-state index in [0.717, 1.165) is 263 Å². The Balaban J connectivity index is 0.000000143. The van der Waals surface area contributed by atoms with Gasteiger partial charge >= 0.3 is 0 Å². The minimum atomic E-state index is -0.194. The zero-order valence-corrected chi connectivity index (χ0v) is 88.0. The molecule has 0 aliphatic carbocycles. The van der Waals surface area contributed by atoms with Gasteiger partial charge in [-0.15, -0.1) is 0 Å². The van der Waals surface area contributed by atoms with Gasteiger partial charge in [0.15, 0.2) is 0 Å². The molecule has 4 aromatic heterocycles. The van der Waals surface area contributed by atoms with Crippen molar-refractivity contribution >= 4 is 61.3 Å². The fourth-order valence-electron chi connectivity index (χ4n) is 21.7. The third-order valence-electron chi connectivity index (χ3n) is 31.6. The Morgan fingerprint density at radius 2 is 0.542 bits per heavy atom. The number of halogens is 2. The summed E-state index contributed by atoms with van der Waals surface area (Å²) in [5, 5.41) is 14.5. The predicted molar refractivity (Wildman–Crippen MR) is 580 cm³/mol. The van der Waals surface area contributed by atoms with Crippen LogP contribution in [0.4, 0.5) is 8.78 Å². The molecule has 0 unspecified atom stereocenters. The zero-order valence-electron chi connectivity index (χ0n) is 88.0. The number of aromatic hydroxyl groups is 1. The first-order valence-electron chi connectivity index (χ1n) is 52.9. The molecule has 6 saturated heterocycles. The lowest BCUT2D eigenvalue weighted by Crippen LogP contribution is -2.49. The number of nitrogens with zero attached hydrogens (tertiary/aromatic N) is 18. The van der Waals surface area contributed by atoms with Gasteiger partial charge < -0.3 is 72.4 Å². The van der Waals surface area contributed by atoms with Crippen molar-refractivity contribution in [3.8, 4) is 5.75 Å². The molecule has 762 valence electrons. The molecule has 0 spiro atoms. The Labute approximate surface area is 845 Å². The lowest BCUT2D eigenvalue weighted by atomic mass is 10.1. The molecule has 3 amide bonds. The third kappa shape index (κ3) is 28.2. The number of rotatable bonds is 33. The van der Waals surface area contributed by atoms with E-state index in [1.54, 1.807) is 12.1 Å². The predicted octanol–water partition coefficient (Wildman–Crippen LogP) is 16.6. The van der Waals surface area contributed by atoms with Gasteiger partial charge in [0.1, 0.15) is 17.4 Å². The van der Waals surface area contributed by atoms with Crippen molar-refractivity contribution in [1.82, 2.24) is 86.9 Å². The van der Waals surface area contributed by atoms with Crippen LogP contribution < -0.4 is 0 Å². The molecule has 0 radical (unpaired) electrons. The fourth-order valence-corrected chi connectivity index (χ4v) is 21.7. The summed E-state index contributed by atoms with van der Waals surface area (Å²) in [7, 11) is 12.9. The van der Waals surface area contributed by atoms with Crippen LogP contribution in [-0.2, 0) is 58.4 Å². The molecule has 0 saturated carbocycles. The van der Waals surface area contributed by atoms with Crippen LogP contribution in [0.2, 0.25) is 0 Å². The van der Waals surface area contributed by atoms with Gasteiger partial charge in [-0.05, 0) is 328 Å². The summed E-state index contributed by atoms with van der Waals surface area (Å²) >= 11 is 0. The van der Waals surface area contributed by atoms with Crippen molar-refractivity contribution in [2.24, 2.45) is 0 Å². The number of hydrogen-bond acceptors (Lipinski definition) is 15. The number of aromatic nitrogens is 4. The van der Waals surface area contributed by atoms with Gasteiger partial charge in [-0.25, -0.2) is 8.78 Å². The summed E-state index contributed by atoms with van der Waals surface area (Å²) in [6.07, 6.45) is 8.48. The molecule has 10 heterocycles. The van der Waals surface area contributed by atoms with Gasteiger partial charge in [0.05, 0.1) is 0 Å². The van der Waals surface area contributed by atoms with Crippen molar-refractivity contribution in [2.75, 3.05) is 252 Å². The maximum Gasteiger partial charge on any atom is 0.253 e. The first-order chi connectivity index (χ1) is 68.6. The van der Waals surface area contributed by atoms with Gasteiger partial charge in [0, 0.05) is 299 Å². The first-order valence-corrected chi connectivity index (χ1v) is 52.9. The van der Waals surface area contributed by atoms with Crippen LogP contribution in [0.5, 0.6) is 5.75 Å². The van der Waals surface area contributed by atoms with Gasteiger partial charge in [-0.1, -0.05) is 72.8 Å². The molecule has 8 aromatic carbocycles. The van der Waals surface area contributed by atoms with E-state index in [1.165, 1.54) is 188 Å². The van der Waals surface area contributed by atoms with Gasteiger partial charge in [0.25, 0.3) is 17.7 Å². The Morgan fingerprint density at radius 3 is 0.866 bits per heavy atom. The SMILES string of the molecule is Cc1c(C)n(CCCN(C)C)c2ccc(C(=O)N3CCN(CCc4ccc(F)cc4)CC3)cc12.Cc1c(C)n(CCCN(C)C)c2ccc(C(=O)N3CCN(CCc4ccc(O)cc4)CC3)cc12.Cc1c(C)n(CCCN2CCN(C)CC2)c2ccc(C(=O)N3CCN(CCc4ccc(F)cc4)CC3)cc12.Cc1c(C)n(CCCN2CCN(C)CC2)c2ccc(CN3CCN(CCc4ccccc4)CC3)cc12. The number of phenols is 1. The topological polar surface area (TPSA) is 137 Å². The summed E-state index contributed by atoms with van der Waals surface area (Å²) in [6.45, 7) is 55.3. The van der Waals surface area contributed by atoms with Crippen LogP contribution in [0.1, 0.15) is 130 Å². The molecule has 6 aliphatic rings. The average Bonchev–Trinajstić information content (AvgIpc) is 1.63. The summed E-state index contributed by atoms with van der Waals surface area (Å²) in [4.78, 5) is 72.9. The minimum Gasteiger partial charge on any atom is -0.508 e. The second-order valence-electron chi connectivity index (χ2n) is 41.7. The summed E-state index contributed by atoms with van der Waals surface area (Å²) < 4.78 is 36.0. The highest BCUT2D eigenvalue weighted by Crippen LogP contribution is 2.34. The van der Waals surface area contributed by atoms with E-state index in [0.29, 0.717) is 5.75 Å². The molecule has 22 nitrogen and oxygen atoms in total. The summed E-state index contributed by atoms with van der Waals surface area (Å²) in [5.74, 6) is 0.308. The van der Waals surface area contributed by atoms with E-state index in [9.17, 15) is 28.3 Å². The van der Waals surface area contributed by atoms with Crippen LogP contribution in [0.3, 0.4) is 0 Å². The molecule has 6 aliphatic heterocycles. The Morgan fingerprint density at radius 1 is 0.282 bits per heavy atom. The monoisotopic (exact) mass is 1930 g/mol. The van der Waals surface area contributed by atoms with Crippen LogP contribution in [0.25, 0.3) is 43.6 Å². The van der Waals surface area contributed by atoms with Gasteiger partial charge in [0.2, 0.25) is 0 Å². The van der Waals surface area contributed by atoms with Crippen molar-refractivity contribution < 1.29 is 28.3 Å². The molecular formula is C118H162F2N18O4. The number of amides is 3. The average molecular weight is 1930 g/mol. The Bertz CT molecular complexity index is 5890. The Hall–Kier alpha value is -10.5. The van der Waals surface area contributed by atoms with E-state index in [2.05, 4.69) is 255 Å². The van der Waals surface area contributed by atoms with Crippen molar-refractivity contribution in [1.29, 1.82) is 0 Å². The molecule has 142 heavy (non-hydrogen) atoms. The lowest BCUT2D eigenvalue weighted by Gasteiger charge is -2.34. The van der Waals surface area contributed by atoms with E-state index in [4.69, 9.17) is 0 Å². The molecule has 12 aromatic rings. The lowest BCUT2D eigenvalue weighted by molar-refractivity contribution is 0.0632. The second kappa shape index (κ2) is 50.9. The molecule has 0 bridgehead atoms. The minimum absolute atomic E-state index is 0.123. The van der Waals surface area contributed by atoms with Crippen LogP contribution in [0, 0.1) is 67.0 Å². The highest BCUT2D eigenvalue weighted by molar-refractivity contribution is 6.01. The maximum absolute atomic E-state index is 13.4. The number of fused-ring (bicyclic) bond motifs is 4. The number of aryl methyl sites for hydroxylation is 8. The number of phenolic OH excluding ortho intramolecular Hbond substituents is 1. The van der Waals surface area contributed by atoms with E-state index in [1.807, 2.05) is 69.3 Å². The fraction of sp³-hybridized carbons (Fsp3) is 0.500. The number of piperazine rings is 6. The molecular weight excluding hydrogens is 1770 g/mol. The number of hydrogen-bond donors (Lipinski definition) is 1. The molecule has 1 N–H and O–H groups in total. The van der Waals surface area contributed by atoms with Crippen LogP contribution in [0.15, 0.2) is 176 Å². The van der Waals surface area contributed by atoms with Crippen LogP contribution in [-0.4, -0.2) is 361 Å². The van der Waals surface area contributed by atoms with Crippen molar-refractivity contribution in [3.05, 3.63) is 277 Å². The van der Waals surface area contributed by atoms with E-state index < -0.39 is 0 Å². The van der Waals surface area contributed by atoms with Gasteiger partial charge in [-0.3, -0.25) is 34.0 Å². The molecule has 0 atom stereocenters. The number of carbonyl (C=O) groups is 3. The number of carbonyl (C=O) groups excluding carboxylic acids is 3. The summed E-state index contributed by atoms with van der Waals surface area (Å²) in [6, 6.07) is 57.8.